The summed E-state index contributed by atoms with van der Waals surface area (Å²) in [6.45, 7) is 7.41. The molecular formula is C28H27N3O3. The van der Waals surface area contributed by atoms with Gasteiger partial charge in [0.1, 0.15) is 0 Å². The normalized spacial score (nSPS) is 13.9. The van der Waals surface area contributed by atoms with Gasteiger partial charge in [0.2, 0.25) is 0 Å². The molecular weight excluding hydrogens is 426 g/mol. The fourth-order valence-electron chi connectivity index (χ4n) is 4.54. The summed E-state index contributed by atoms with van der Waals surface area (Å²) in [6, 6.07) is 18.0. The van der Waals surface area contributed by atoms with Crippen LogP contribution in [0.15, 0.2) is 60.7 Å². The van der Waals surface area contributed by atoms with Gasteiger partial charge in [0.25, 0.3) is 0 Å². The van der Waals surface area contributed by atoms with Crippen molar-refractivity contribution in [3.05, 3.63) is 83.1 Å². The van der Waals surface area contributed by atoms with Crippen LogP contribution in [-0.4, -0.2) is 31.3 Å². The highest BCUT2D eigenvalue weighted by Gasteiger charge is 2.34. The Bertz CT molecular complexity index is 1430. The molecule has 1 unspecified atom stereocenters. The van der Waals surface area contributed by atoms with Gasteiger partial charge in [0.15, 0.2) is 11.8 Å². The second kappa shape index (κ2) is 8.22. The number of aryl methyl sites for hydroxylation is 1. The minimum absolute atomic E-state index is 0.520. The lowest BCUT2D eigenvalue weighted by atomic mass is 9.94. The van der Waals surface area contributed by atoms with Crippen LogP contribution in [0.3, 0.4) is 0 Å². The van der Waals surface area contributed by atoms with Crippen molar-refractivity contribution in [3.63, 3.8) is 0 Å². The van der Waals surface area contributed by atoms with E-state index in [1.165, 1.54) is 5.56 Å². The van der Waals surface area contributed by atoms with E-state index in [1.807, 2.05) is 76.2 Å². The first-order valence-electron chi connectivity index (χ1n) is 11.4. The summed E-state index contributed by atoms with van der Waals surface area (Å²) in [7, 11) is 0. The third-order valence-corrected chi connectivity index (χ3v) is 5.93. The fourth-order valence-corrected chi connectivity index (χ4v) is 4.54. The number of hydrogen-bond acceptors (Lipinski definition) is 4. The van der Waals surface area contributed by atoms with Crippen LogP contribution in [0.1, 0.15) is 49.3 Å². The summed E-state index contributed by atoms with van der Waals surface area (Å²) in [4.78, 5) is 17.3. The maximum Gasteiger partial charge on any atom is 0.337 e. The number of aliphatic carboxylic acids is 1. The van der Waals surface area contributed by atoms with Crippen molar-refractivity contribution in [2.75, 3.05) is 0 Å². The fraction of sp³-hybridized carbons (Fsp3) is 0.250. The van der Waals surface area contributed by atoms with Crippen molar-refractivity contribution in [2.45, 2.75) is 45.8 Å². The zero-order valence-corrected chi connectivity index (χ0v) is 19.7. The first kappa shape index (κ1) is 22.0. The molecule has 2 aromatic heterocycles. The van der Waals surface area contributed by atoms with Crippen molar-refractivity contribution in [2.24, 2.45) is 0 Å². The van der Waals surface area contributed by atoms with Crippen molar-refractivity contribution in [1.29, 1.82) is 0 Å². The van der Waals surface area contributed by atoms with Gasteiger partial charge in [-0.25, -0.2) is 14.3 Å². The van der Waals surface area contributed by atoms with E-state index in [0.29, 0.717) is 22.6 Å². The van der Waals surface area contributed by atoms with E-state index in [4.69, 9.17) is 14.8 Å². The zero-order valence-electron chi connectivity index (χ0n) is 19.7. The lowest BCUT2D eigenvalue weighted by Crippen LogP contribution is -2.29. The largest absolute Gasteiger partial charge is 0.479 e. The van der Waals surface area contributed by atoms with Gasteiger partial charge in [-0.05, 0) is 45.2 Å². The van der Waals surface area contributed by atoms with Gasteiger partial charge in [0, 0.05) is 28.5 Å². The average molecular weight is 454 g/mol. The number of hydrogen-bond donors (Lipinski definition) is 1. The van der Waals surface area contributed by atoms with Gasteiger partial charge >= 0.3 is 5.97 Å². The molecule has 0 amide bonds. The van der Waals surface area contributed by atoms with Gasteiger partial charge in [0.05, 0.1) is 17.0 Å². The molecule has 1 aliphatic carbocycles. The summed E-state index contributed by atoms with van der Waals surface area (Å²) in [5, 5.41) is 15.1. The molecule has 0 spiro atoms. The minimum atomic E-state index is -1.20. The van der Waals surface area contributed by atoms with Crippen molar-refractivity contribution < 1.29 is 14.6 Å². The molecule has 0 saturated carbocycles. The Morgan fingerprint density at radius 2 is 1.88 bits per heavy atom. The number of nitrogens with zero attached hydrogens (tertiary/aromatic N) is 3. The number of carboxylic acid groups (broad SMARTS) is 1. The smallest absolute Gasteiger partial charge is 0.337 e. The second-order valence-corrected chi connectivity index (χ2v) is 9.56. The Labute approximate surface area is 198 Å². The molecule has 2 heterocycles. The second-order valence-electron chi connectivity index (χ2n) is 9.56. The molecule has 0 fully saturated rings. The van der Waals surface area contributed by atoms with Crippen LogP contribution in [0, 0.1) is 6.92 Å². The molecule has 0 bridgehead atoms. The van der Waals surface area contributed by atoms with Gasteiger partial charge in [-0.3, -0.25) is 0 Å². The first-order valence-corrected chi connectivity index (χ1v) is 11.4. The van der Waals surface area contributed by atoms with E-state index in [-0.39, 0.29) is 0 Å². The van der Waals surface area contributed by atoms with Crippen LogP contribution in [-0.2, 0) is 16.0 Å². The molecule has 172 valence electrons. The molecule has 4 aromatic rings. The number of carboxylic acids is 1. The maximum absolute atomic E-state index is 12.5. The van der Waals surface area contributed by atoms with Gasteiger partial charge in [-0.2, -0.15) is 5.10 Å². The molecule has 1 N–H and O–H groups in total. The monoisotopic (exact) mass is 453 g/mol. The molecule has 6 heteroatoms. The van der Waals surface area contributed by atoms with E-state index < -0.39 is 17.7 Å². The number of ether oxygens (including phenoxy) is 1. The highest BCUT2D eigenvalue weighted by molar-refractivity contribution is 5.85. The van der Waals surface area contributed by atoms with E-state index >= 15 is 0 Å². The minimum Gasteiger partial charge on any atom is -0.479 e. The van der Waals surface area contributed by atoms with Crippen molar-refractivity contribution in [3.8, 4) is 22.5 Å². The van der Waals surface area contributed by atoms with Crippen LogP contribution >= 0.6 is 0 Å². The van der Waals surface area contributed by atoms with Crippen molar-refractivity contribution >= 4 is 17.7 Å². The van der Waals surface area contributed by atoms with Gasteiger partial charge < -0.3 is 9.84 Å². The van der Waals surface area contributed by atoms with E-state index in [2.05, 4.69) is 18.2 Å². The van der Waals surface area contributed by atoms with E-state index in [0.717, 1.165) is 28.8 Å². The van der Waals surface area contributed by atoms with E-state index in [1.54, 1.807) is 4.52 Å². The van der Waals surface area contributed by atoms with Crippen LogP contribution in [0.2, 0.25) is 0 Å². The predicted molar refractivity (Wildman–Crippen MR) is 133 cm³/mol. The third kappa shape index (κ3) is 3.90. The third-order valence-electron chi connectivity index (χ3n) is 5.93. The van der Waals surface area contributed by atoms with Gasteiger partial charge in [-0.15, -0.1) is 0 Å². The van der Waals surface area contributed by atoms with E-state index in [9.17, 15) is 9.90 Å². The Morgan fingerprint density at radius 1 is 1.12 bits per heavy atom. The standard InChI is InChI=1S/C28H27N3O3/c1-17-24(26(27(32)33)34-28(2,3)4)25(21-15-9-13-18-12-8-14-20(18)21)31-23(29-17)16-22(30-31)19-10-6-5-7-11-19/h5-11,13-16,26H,12H2,1-4H3,(H,32,33). The topological polar surface area (TPSA) is 76.7 Å². The molecule has 5 rings (SSSR count). The molecule has 0 radical (unpaired) electrons. The maximum atomic E-state index is 12.5. The molecule has 34 heavy (non-hydrogen) atoms. The Morgan fingerprint density at radius 3 is 2.59 bits per heavy atom. The lowest BCUT2D eigenvalue weighted by Gasteiger charge is -2.28. The Hall–Kier alpha value is -3.77. The molecule has 6 nitrogen and oxygen atoms in total. The van der Waals surface area contributed by atoms with Crippen LogP contribution in [0.25, 0.3) is 34.2 Å². The molecule has 0 saturated heterocycles. The predicted octanol–water partition coefficient (Wildman–Crippen LogP) is 5.88. The first-order chi connectivity index (χ1) is 16.2. The number of allylic oxidation sites excluding steroid dienone is 1. The zero-order chi connectivity index (χ0) is 24.0. The molecule has 1 atom stereocenters. The van der Waals surface area contributed by atoms with Crippen LogP contribution in [0.5, 0.6) is 0 Å². The average Bonchev–Trinajstić information content (AvgIpc) is 3.43. The molecule has 1 aliphatic rings. The highest BCUT2D eigenvalue weighted by Crippen LogP contribution is 2.39. The summed E-state index contributed by atoms with van der Waals surface area (Å²) in [5.41, 5.74) is 6.76. The number of aromatic nitrogens is 3. The number of fused-ring (bicyclic) bond motifs is 2. The summed E-state index contributed by atoms with van der Waals surface area (Å²) in [5.74, 6) is -1.06. The summed E-state index contributed by atoms with van der Waals surface area (Å²) >= 11 is 0. The summed E-state index contributed by atoms with van der Waals surface area (Å²) in [6.07, 6.45) is 3.87. The Balaban J connectivity index is 1.85. The quantitative estimate of drug-likeness (QED) is 0.408. The van der Waals surface area contributed by atoms with Crippen LogP contribution < -0.4 is 0 Å². The highest BCUT2D eigenvalue weighted by atomic mass is 16.5. The number of benzene rings is 2. The molecule has 0 aliphatic heterocycles. The molecule has 2 aromatic carbocycles. The van der Waals surface area contributed by atoms with Crippen LogP contribution in [0.4, 0.5) is 0 Å². The van der Waals surface area contributed by atoms with Gasteiger partial charge in [-0.1, -0.05) is 60.7 Å². The number of rotatable bonds is 5. The SMILES string of the molecule is Cc1nc2cc(-c3ccccc3)nn2c(-c2cccc3c2C=CC3)c1C(OC(C)(C)C)C(=O)O. The Kier molecular flexibility index (Phi) is 5.33. The van der Waals surface area contributed by atoms with Crippen molar-refractivity contribution in [1.82, 2.24) is 14.6 Å². The lowest BCUT2D eigenvalue weighted by molar-refractivity contribution is -0.160. The summed E-state index contributed by atoms with van der Waals surface area (Å²) < 4.78 is 7.86. The number of carbonyl (C=O) groups is 1.